The lowest BCUT2D eigenvalue weighted by atomic mass is 9.93. The minimum absolute atomic E-state index is 0.0343. The Labute approximate surface area is 112 Å². The molecule has 0 radical (unpaired) electrons. The lowest BCUT2D eigenvalue weighted by molar-refractivity contribution is 0.370. The smallest absolute Gasteiger partial charge is 0.258 e. The topological polar surface area (TPSA) is 46.4 Å². The van der Waals surface area contributed by atoms with Crippen molar-refractivity contribution >= 4 is 5.65 Å². The molecule has 2 aromatic rings. The second kappa shape index (κ2) is 5.13. The monoisotopic (exact) mass is 257 g/mol. The molecule has 0 aromatic carbocycles. The molecular weight excluding hydrogens is 238 g/mol. The maximum absolute atomic E-state index is 12.2. The summed E-state index contributed by atoms with van der Waals surface area (Å²) in [6.45, 7) is 4.09. The number of aromatic nitrogens is 2. The predicted octanol–water partition coefficient (Wildman–Crippen LogP) is 1.55. The van der Waals surface area contributed by atoms with Crippen LogP contribution in [-0.2, 0) is 6.42 Å². The van der Waals surface area contributed by atoms with Crippen LogP contribution in [0.4, 0.5) is 0 Å². The normalized spacial score (nSPS) is 16.9. The number of nitrogens with one attached hydrogen (secondary N) is 1. The summed E-state index contributed by atoms with van der Waals surface area (Å²) in [5.74, 6) is 0.653. The van der Waals surface area contributed by atoms with E-state index in [0.29, 0.717) is 5.92 Å². The van der Waals surface area contributed by atoms with Crippen molar-refractivity contribution in [2.24, 2.45) is 5.92 Å². The Morgan fingerprint density at radius 3 is 2.95 bits per heavy atom. The summed E-state index contributed by atoms with van der Waals surface area (Å²) in [6, 6.07) is 7.48. The Morgan fingerprint density at radius 2 is 2.16 bits per heavy atom. The summed E-state index contributed by atoms with van der Waals surface area (Å²) in [4.78, 5) is 16.8. The van der Waals surface area contributed by atoms with E-state index >= 15 is 0 Å². The van der Waals surface area contributed by atoms with E-state index in [1.807, 2.05) is 25.1 Å². The fourth-order valence-corrected chi connectivity index (χ4v) is 2.85. The fraction of sp³-hybridized carbons (Fsp3) is 0.467. The molecule has 0 atom stereocenters. The summed E-state index contributed by atoms with van der Waals surface area (Å²) in [5.41, 5.74) is 2.66. The zero-order valence-corrected chi connectivity index (χ0v) is 11.2. The highest BCUT2D eigenvalue weighted by molar-refractivity contribution is 5.40. The molecular formula is C15H19N3O. The average molecular weight is 257 g/mol. The van der Waals surface area contributed by atoms with Gasteiger partial charge >= 0.3 is 0 Å². The van der Waals surface area contributed by atoms with Gasteiger partial charge < -0.3 is 5.32 Å². The van der Waals surface area contributed by atoms with Crippen molar-refractivity contribution in [2.75, 3.05) is 13.1 Å². The van der Waals surface area contributed by atoms with Gasteiger partial charge in [0, 0.05) is 17.5 Å². The van der Waals surface area contributed by atoms with Crippen molar-refractivity contribution < 1.29 is 0 Å². The Balaban J connectivity index is 1.94. The molecule has 3 rings (SSSR count). The van der Waals surface area contributed by atoms with Gasteiger partial charge in [0.1, 0.15) is 5.65 Å². The Hall–Kier alpha value is -1.68. The molecule has 100 valence electrons. The van der Waals surface area contributed by atoms with Crippen molar-refractivity contribution in [2.45, 2.75) is 26.2 Å². The number of rotatable bonds is 2. The molecule has 3 heterocycles. The predicted molar refractivity (Wildman–Crippen MR) is 75.5 cm³/mol. The molecule has 19 heavy (non-hydrogen) atoms. The van der Waals surface area contributed by atoms with E-state index < -0.39 is 0 Å². The van der Waals surface area contributed by atoms with E-state index in [0.717, 1.165) is 36.5 Å². The number of aryl methyl sites for hydroxylation is 1. The molecule has 1 aliphatic heterocycles. The van der Waals surface area contributed by atoms with Gasteiger partial charge in [0.25, 0.3) is 5.56 Å². The van der Waals surface area contributed by atoms with Crippen LogP contribution in [-0.4, -0.2) is 22.5 Å². The van der Waals surface area contributed by atoms with Gasteiger partial charge in [-0.1, -0.05) is 6.07 Å². The summed E-state index contributed by atoms with van der Waals surface area (Å²) in [6.07, 6.45) is 3.27. The number of hydrogen-bond donors (Lipinski definition) is 1. The molecule has 0 bridgehead atoms. The highest BCUT2D eigenvalue weighted by atomic mass is 16.1. The molecule has 1 aliphatic rings. The van der Waals surface area contributed by atoms with Crippen LogP contribution in [0, 0.1) is 12.8 Å². The average Bonchev–Trinajstić information content (AvgIpc) is 2.39. The lowest BCUT2D eigenvalue weighted by Gasteiger charge is -2.22. The van der Waals surface area contributed by atoms with Gasteiger partial charge in [-0.15, -0.1) is 0 Å². The van der Waals surface area contributed by atoms with Crippen LogP contribution in [0.1, 0.15) is 24.2 Å². The van der Waals surface area contributed by atoms with Crippen LogP contribution >= 0.6 is 0 Å². The van der Waals surface area contributed by atoms with Gasteiger partial charge in [-0.2, -0.15) is 0 Å². The van der Waals surface area contributed by atoms with Crippen LogP contribution < -0.4 is 10.9 Å². The van der Waals surface area contributed by atoms with Crippen LogP contribution in [0.25, 0.3) is 5.65 Å². The van der Waals surface area contributed by atoms with Crippen molar-refractivity contribution in [3.05, 3.63) is 46.0 Å². The van der Waals surface area contributed by atoms with E-state index in [4.69, 9.17) is 0 Å². The molecule has 4 heteroatoms. The molecule has 1 saturated heterocycles. The van der Waals surface area contributed by atoms with E-state index in [1.54, 1.807) is 10.5 Å². The Bertz CT molecular complexity index is 641. The summed E-state index contributed by atoms with van der Waals surface area (Å²) in [5, 5.41) is 3.36. The van der Waals surface area contributed by atoms with Gasteiger partial charge in [-0.25, -0.2) is 4.98 Å². The van der Waals surface area contributed by atoms with E-state index in [9.17, 15) is 4.79 Å². The van der Waals surface area contributed by atoms with Gasteiger partial charge in [-0.05, 0) is 57.3 Å². The summed E-state index contributed by atoms with van der Waals surface area (Å²) in [7, 11) is 0. The fourth-order valence-electron chi connectivity index (χ4n) is 2.85. The minimum Gasteiger partial charge on any atom is -0.317 e. The third kappa shape index (κ3) is 2.54. The molecule has 0 saturated carbocycles. The highest BCUT2D eigenvalue weighted by Gasteiger charge is 2.15. The molecule has 4 nitrogen and oxygen atoms in total. The number of piperidine rings is 1. The first-order chi connectivity index (χ1) is 9.24. The minimum atomic E-state index is 0.0343. The summed E-state index contributed by atoms with van der Waals surface area (Å²) >= 11 is 0. The van der Waals surface area contributed by atoms with Crippen LogP contribution in [0.3, 0.4) is 0 Å². The number of pyridine rings is 1. The van der Waals surface area contributed by atoms with E-state index in [1.165, 1.54) is 12.8 Å². The third-order valence-corrected chi connectivity index (χ3v) is 3.89. The number of hydrogen-bond acceptors (Lipinski definition) is 3. The zero-order valence-electron chi connectivity index (χ0n) is 11.2. The first-order valence-corrected chi connectivity index (χ1v) is 6.93. The van der Waals surface area contributed by atoms with Crippen LogP contribution in [0.5, 0.6) is 0 Å². The maximum atomic E-state index is 12.2. The maximum Gasteiger partial charge on any atom is 0.258 e. The largest absolute Gasteiger partial charge is 0.317 e. The highest BCUT2D eigenvalue weighted by Crippen LogP contribution is 2.16. The molecule has 1 N–H and O–H groups in total. The quantitative estimate of drug-likeness (QED) is 0.888. The molecule has 0 amide bonds. The van der Waals surface area contributed by atoms with Gasteiger partial charge in [0.2, 0.25) is 0 Å². The first-order valence-electron chi connectivity index (χ1n) is 6.93. The van der Waals surface area contributed by atoms with Gasteiger partial charge in [-0.3, -0.25) is 9.20 Å². The van der Waals surface area contributed by atoms with Crippen molar-refractivity contribution in [1.29, 1.82) is 0 Å². The van der Waals surface area contributed by atoms with Crippen molar-refractivity contribution in [3.63, 3.8) is 0 Å². The standard InChI is InChI=1S/C15H19N3O/c1-11-3-2-4-14-17-13(10-15(19)18(11)14)9-12-5-7-16-8-6-12/h2-4,10,12,16H,5-9H2,1H3. The van der Waals surface area contributed by atoms with Crippen LogP contribution in [0.2, 0.25) is 0 Å². The SMILES string of the molecule is Cc1cccc2nc(CC3CCNCC3)cc(=O)n12. The number of nitrogens with zero attached hydrogens (tertiary/aromatic N) is 2. The molecule has 2 aromatic heterocycles. The first kappa shape index (κ1) is 12.4. The van der Waals surface area contributed by atoms with Gasteiger partial charge in [0.15, 0.2) is 0 Å². The zero-order chi connectivity index (χ0) is 13.2. The van der Waals surface area contributed by atoms with Crippen molar-refractivity contribution in [1.82, 2.24) is 14.7 Å². The second-order valence-electron chi connectivity index (χ2n) is 5.34. The molecule has 0 aliphatic carbocycles. The van der Waals surface area contributed by atoms with Gasteiger partial charge in [0.05, 0.1) is 0 Å². The van der Waals surface area contributed by atoms with E-state index in [2.05, 4.69) is 10.3 Å². The lowest BCUT2D eigenvalue weighted by Crippen LogP contribution is -2.29. The number of fused-ring (bicyclic) bond motifs is 1. The second-order valence-corrected chi connectivity index (χ2v) is 5.34. The summed E-state index contributed by atoms with van der Waals surface area (Å²) < 4.78 is 1.67. The third-order valence-electron chi connectivity index (χ3n) is 3.89. The van der Waals surface area contributed by atoms with Crippen LogP contribution in [0.15, 0.2) is 29.1 Å². The Kier molecular flexibility index (Phi) is 3.34. The molecule has 0 spiro atoms. The van der Waals surface area contributed by atoms with E-state index in [-0.39, 0.29) is 5.56 Å². The Morgan fingerprint density at radius 1 is 1.37 bits per heavy atom. The van der Waals surface area contributed by atoms with Crippen molar-refractivity contribution in [3.8, 4) is 0 Å². The molecule has 0 unspecified atom stereocenters. The molecule has 1 fully saturated rings.